The molecular formula is C22H31N3O7. The van der Waals surface area contributed by atoms with E-state index in [0.717, 1.165) is 19.3 Å². The lowest BCUT2D eigenvalue weighted by molar-refractivity contribution is -0.139. The number of urea groups is 1. The summed E-state index contributed by atoms with van der Waals surface area (Å²) in [4.78, 5) is 49.6. The maximum absolute atomic E-state index is 12.5. The third kappa shape index (κ3) is 7.84. The first-order valence-corrected chi connectivity index (χ1v) is 10.6. The molecule has 0 radical (unpaired) electrons. The lowest BCUT2D eigenvalue weighted by Gasteiger charge is -2.38. The van der Waals surface area contributed by atoms with Crippen molar-refractivity contribution in [2.75, 3.05) is 33.5 Å². The first kappa shape index (κ1) is 25.1. The highest BCUT2D eigenvalue weighted by molar-refractivity contribution is 5.97. The largest absolute Gasteiger partial charge is 0.484 e. The number of methoxy groups -OCH3 is 1. The van der Waals surface area contributed by atoms with E-state index in [0.29, 0.717) is 12.4 Å². The van der Waals surface area contributed by atoms with E-state index >= 15 is 0 Å². The standard InChI is InChI=1S/C22H31N3O7/c1-15-5-4-6-16(2)25(15)20(27)14-31-18-9-7-17(8-10-18)21(28)32-13-19(26)24-22(29)23-11-12-30-3/h7-10,15-16H,4-6,11-14H2,1-3H3,(H2,23,24,26,29). The van der Waals surface area contributed by atoms with Gasteiger partial charge in [-0.15, -0.1) is 0 Å². The number of ether oxygens (including phenoxy) is 3. The topological polar surface area (TPSA) is 123 Å². The van der Waals surface area contributed by atoms with Crippen LogP contribution in [0.3, 0.4) is 0 Å². The summed E-state index contributed by atoms with van der Waals surface area (Å²) in [6, 6.07) is 5.74. The SMILES string of the molecule is COCCNC(=O)NC(=O)COC(=O)c1ccc(OCC(=O)N2C(C)CCCC2C)cc1. The molecule has 1 aromatic rings. The smallest absolute Gasteiger partial charge is 0.338 e. The number of piperidine rings is 1. The van der Waals surface area contributed by atoms with Gasteiger partial charge < -0.3 is 24.4 Å². The number of esters is 1. The van der Waals surface area contributed by atoms with Gasteiger partial charge in [-0.2, -0.15) is 0 Å². The predicted molar refractivity (Wildman–Crippen MR) is 115 cm³/mol. The molecule has 0 aliphatic carbocycles. The van der Waals surface area contributed by atoms with Gasteiger partial charge in [-0.1, -0.05) is 0 Å². The third-order valence-electron chi connectivity index (χ3n) is 5.11. The Kier molecular flexibility index (Phi) is 9.93. The fourth-order valence-electron chi connectivity index (χ4n) is 3.51. The molecule has 0 bridgehead atoms. The number of hydrogen-bond acceptors (Lipinski definition) is 7. The van der Waals surface area contributed by atoms with Crippen LogP contribution >= 0.6 is 0 Å². The highest BCUT2D eigenvalue weighted by Crippen LogP contribution is 2.23. The van der Waals surface area contributed by atoms with Crippen LogP contribution in [0.4, 0.5) is 4.79 Å². The lowest BCUT2D eigenvalue weighted by Crippen LogP contribution is -2.49. The highest BCUT2D eigenvalue weighted by Gasteiger charge is 2.29. The molecule has 1 saturated heterocycles. The molecule has 10 nitrogen and oxygen atoms in total. The van der Waals surface area contributed by atoms with Crippen molar-refractivity contribution in [3.8, 4) is 5.75 Å². The van der Waals surface area contributed by atoms with Crippen molar-refractivity contribution in [1.29, 1.82) is 0 Å². The minimum Gasteiger partial charge on any atom is -0.484 e. The number of imide groups is 1. The van der Waals surface area contributed by atoms with Gasteiger partial charge in [0.1, 0.15) is 5.75 Å². The fraction of sp³-hybridized carbons (Fsp3) is 0.545. The summed E-state index contributed by atoms with van der Waals surface area (Å²) in [6.45, 7) is 3.96. The molecule has 1 aromatic carbocycles. The van der Waals surface area contributed by atoms with Gasteiger partial charge in [-0.3, -0.25) is 14.9 Å². The summed E-state index contributed by atoms with van der Waals surface area (Å²) in [5.41, 5.74) is 0.208. The Bertz CT molecular complexity index is 787. The molecule has 0 aromatic heterocycles. The van der Waals surface area contributed by atoms with Crippen LogP contribution in [0.25, 0.3) is 0 Å². The quantitative estimate of drug-likeness (QED) is 0.432. The van der Waals surface area contributed by atoms with E-state index in [4.69, 9.17) is 14.2 Å². The van der Waals surface area contributed by atoms with Crippen molar-refractivity contribution in [3.05, 3.63) is 29.8 Å². The van der Waals surface area contributed by atoms with Crippen LogP contribution in [-0.4, -0.2) is 74.3 Å². The van der Waals surface area contributed by atoms with Crippen LogP contribution in [0.5, 0.6) is 5.75 Å². The van der Waals surface area contributed by atoms with Gasteiger partial charge in [0.25, 0.3) is 11.8 Å². The van der Waals surface area contributed by atoms with Crippen molar-refractivity contribution in [3.63, 3.8) is 0 Å². The molecule has 2 atom stereocenters. The molecule has 2 rings (SSSR count). The number of carbonyl (C=O) groups excluding carboxylic acids is 4. The zero-order valence-electron chi connectivity index (χ0n) is 18.7. The zero-order valence-corrected chi connectivity index (χ0v) is 18.7. The van der Waals surface area contributed by atoms with Crippen LogP contribution in [0.2, 0.25) is 0 Å². The van der Waals surface area contributed by atoms with E-state index < -0.39 is 24.5 Å². The van der Waals surface area contributed by atoms with Crippen molar-refractivity contribution < 1.29 is 33.4 Å². The van der Waals surface area contributed by atoms with Gasteiger partial charge in [0.05, 0.1) is 12.2 Å². The van der Waals surface area contributed by atoms with E-state index in [1.807, 2.05) is 24.1 Å². The summed E-state index contributed by atoms with van der Waals surface area (Å²) in [5.74, 6) is -1.10. The molecule has 1 heterocycles. The maximum atomic E-state index is 12.5. The van der Waals surface area contributed by atoms with Gasteiger partial charge in [-0.25, -0.2) is 9.59 Å². The van der Waals surface area contributed by atoms with E-state index in [9.17, 15) is 19.2 Å². The molecule has 1 fully saturated rings. The molecule has 176 valence electrons. The number of amides is 4. The number of carbonyl (C=O) groups is 4. The Morgan fingerprint density at radius 3 is 2.31 bits per heavy atom. The summed E-state index contributed by atoms with van der Waals surface area (Å²) < 4.78 is 15.2. The average molecular weight is 450 g/mol. The first-order chi connectivity index (χ1) is 15.3. The van der Waals surface area contributed by atoms with Crippen LogP contribution in [0, 0.1) is 0 Å². The first-order valence-electron chi connectivity index (χ1n) is 10.6. The van der Waals surface area contributed by atoms with E-state index in [1.54, 1.807) is 12.1 Å². The Morgan fingerprint density at radius 1 is 1.03 bits per heavy atom. The van der Waals surface area contributed by atoms with Crippen molar-refractivity contribution >= 4 is 23.8 Å². The average Bonchev–Trinajstić information content (AvgIpc) is 2.76. The molecule has 1 aliphatic heterocycles. The monoisotopic (exact) mass is 449 g/mol. The second-order valence-corrected chi connectivity index (χ2v) is 7.62. The molecule has 2 N–H and O–H groups in total. The number of likely N-dealkylation sites (tertiary alicyclic amines) is 1. The minimum atomic E-state index is -0.757. The molecule has 0 saturated carbocycles. The summed E-state index contributed by atoms with van der Waals surface area (Å²) in [7, 11) is 1.48. The van der Waals surface area contributed by atoms with Gasteiger partial charge in [0.15, 0.2) is 13.2 Å². The van der Waals surface area contributed by atoms with Crippen LogP contribution in [-0.2, 0) is 19.1 Å². The highest BCUT2D eigenvalue weighted by atomic mass is 16.5. The number of nitrogens with one attached hydrogen (secondary N) is 2. The maximum Gasteiger partial charge on any atom is 0.338 e. The van der Waals surface area contributed by atoms with Crippen LogP contribution in [0.1, 0.15) is 43.5 Å². The molecule has 4 amide bonds. The Balaban J connectivity index is 1.75. The van der Waals surface area contributed by atoms with Gasteiger partial charge in [0, 0.05) is 25.7 Å². The van der Waals surface area contributed by atoms with E-state index in [-0.39, 0.29) is 36.7 Å². The van der Waals surface area contributed by atoms with Crippen molar-refractivity contribution in [2.24, 2.45) is 0 Å². The van der Waals surface area contributed by atoms with Gasteiger partial charge >= 0.3 is 12.0 Å². The van der Waals surface area contributed by atoms with Crippen LogP contribution in [0.15, 0.2) is 24.3 Å². The molecular weight excluding hydrogens is 418 g/mol. The second-order valence-electron chi connectivity index (χ2n) is 7.62. The molecule has 0 spiro atoms. The van der Waals surface area contributed by atoms with E-state index in [2.05, 4.69) is 5.32 Å². The molecule has 32 heavy (non-hydrogen) atoms. The summed E-state index contributed by atoms with van der Waals surface area (Å²) >= 11 is 0. The number of benzene rings is 1. The van der Waals surface area contributed by atoms with E-state index in [1.165, 1.54) is 19.2 Å². The Hall–Kier alpha value is -3.14. The van der Waals surface area contributed by atoms with Crippen molar-refractivity contribution in [1.82, 2.24) is 15.5 Å². The molecule has 10 heteroatoms. The second kappa shape index (κ2) is 12.7. The normalized spacial score (nSPS) is 17.9. The number of hydrogen-bond donors (Lipinski definition) is 2. The number of nitrogens with zero attached hydrogens (tertiary/aromatic N) is 1. The molecule has 1 aliphatic rings. The van der Waals surface area contributed by atoms with Gasteiger partial charge in [-0.05, 0) is 57.4 Å². The molecule has 2 unspecified atom stereocenters. The summed E-state index contributed by atoms with van der Waals surface area (Å²) in [5, 5.41) is 4.45. The number of rotatable bonds is 9. The minimum absolute atomic E-state index is 0.0644. The lowest BCUT2D eigenvalue weighted by atomic mass is 9.97. The third-order valence-corrected chi connectivity index (χ3v) is 5.11. The Labute approximate surface area is 187 Å². The zero-order chi connectivity index (χ0) is 23.5. The Morgan fingerprint density at radius 2 is 1.69 bits per heavy atom. The fourth-order valence-corrected chi connectivity index (χ4v) is 3.51. The van der Waals surface area contributed by atoms with Gasteiger partial charge in [0.2, 0.25) is 0 Å². The summed E-state index contributed by atoms with van der Waals surface area (Å²) in [6.07, 6.45) is 3.10. The van der Waals surface area contributed by atoms with Crippen molar-refractivity contribution in [2.45, 2.75) is 45.2 Å². The predicted octanol–water partition coefficient (Wildman–Crippen LogP) is 1.48. The van der Waals surface area contributed by atoms with Crippen LogP contribution < -0.4 is 15.4 Å².